The van der Waals surface area contributed by atoms with Gasteiger partial charge in [0.1, 0.15) is 5.75 Å². The van der Waals surface area contributed by atoms with Crippen LogP contribution in [0.5, 0.6) is 5.75 Å². The molecule has 1 heterocycles. The van der Waals surface area contributed by atoms with Crippen LogP contribution < -0.4 is 9.64 Å². The van der Waals surface area contributed by atoms with E-state index >= 15 is 0 Å². The van der Waals surface area contributed by atoms with Gasteiger partial charge in [-0.05, 0) is 44.5 Å². The summed E-state index contributed by atoms with van der Waals surface area (Å²) in [6, 6.07) is 8.30. The number of aromatic nitrogens is 1. The van der Waals surface area contributed by atoms with Gasteiger partial charge in [0.25, 0.3) is 0 Å². The molecule has 0 bridgehead atoms. The number of nitrogens with zero attached hydrogens (tertiary/aromatic N) is 2. The largest absolute Gasteiger partial charge is 0.494 e. The Bertz CT molecular complexity index is 580. The van der Waals surface area contributed by atoms with Gasteiger partial charge in [-0.1, -0.05) is 13.3 Å². The second-order valence-corrected chi connectivity index (χ2v) is 5.17. The van der Waals surface area contributed by atoms with Crippen molar-refractivity contribution < 1.29 is 4.74 Å². The summed E-state index contributed by atoms with van der Waals surface area (Å²) in [6.07, 6.45) is 2.40. The number of fused-ring (bicyclic) bond motifs is 1. The van der Waals surface area contributed by atoms with Crippen LogP contribution in [0.4, 0.5) is 5.69 Å². The average Bonchev–Trinajstić information content (AvgIpc) is 2.44. The fourth-order valence-electron chi connectivity index (χ4n) is 2.40. The van der Waals surface area contributed by atoms with Gasteiger partial charge in [-0.15, -0.1) is 0 Å². The number of pyridine rings is 1. The molecule has 0 aliphatic carbocycles. The van der Waals surface area contributed by atoms with Gasteiger partial charge in [0.15, 0.2) is 0 Å². The molecule has 3 nitrogen and oxygen atoms in total. The van der Waals surface area contributed by atoms with Crippen molar-refractivity contribution in [3.63, 3.8) is 0 Å². The topological polar surface area (TPSA) is 25.4 Å². The third-order valence-corrected chi connectivity index (χ3v) is 3.46. The van der Waals surface area contributed by atoms with Crippen LogP contribution in [0.3, 0.4) is 0 Å². The molecule has 20 heavy (non-hydrogen) atoms. The predicted molar refractivity (Wildman–Crippen MR) is 85.8 cm³/mol. The van der Waals surface area contributed by atoms with Gasteiger partial charge in [0, 0.05) is 30.4 Å². The molecule has 0 aliphatic rings. The first kappa shape index (κ1) is 14.6. The monoisotopic (exact) mass is 272 g/mol. The van der Waals surface area contributed by atoms with Crippen LogP contribution in [0.25, 0.3) is 10.9 Å². The number of rotatable bonds is 6. The fourth-order valence-corrected chi connectivity index (χ4v) is 2.40. The highest BCUT2D eigenvalue weighted by Crippen LogP contribution is 2.29. The van der Waals surface area contributed by atoms with Crippen molar-refractivity contribution in [2.24, 2.45) is 0 Å². The van der Waals surface area contributed by atoms with Crippen LogP contribution >= 0.6 is 0 Å². The number of unbranched alkanes of at least 4 members (excludes halogenated alkanes) is 1. The first-order chi connectivity index (χ1) is 9.65. The van der Waals surface area contributed by atoms with Gasteiger partial charge < -0.3 is 9.64 Å². The average molecular weight is 272 g/mol. The maximum atomic E-state index is 5.61. The highest BCUT2D eigenvalue weighted by atomic mass is 16.5. The molecule has 0 spiro atoms. The normalized spacial score (nSPS) is 10.8. The van der Waals surface area contributed by atoms with Gasteiger partial charge in [-0.2, -0.15) is 0 Å². The van der Waals surface area contributed by atoms with Crippen molar-refractivity contribution >= 4 is 16.6 Å². The van der Waals surface area contributed by atoms with E-state index in [4.69, 9.17) is 4.74 Å². The SMILES string of the molecule is CCCCN(C)c1cc(C)nc2ccc(OCC)cc12. The molecular formula is C17H24N2O. The maximum Gasteiger partial charge on any atom is 0.120 e. The molecule has 0 fully saturated rings. The number of benzene rings is 1. The summed E-state index contributed by atoms with van der Waals surface area (Å²) in [5, 5.41) is 1.17. The standard InChI is InChI=1S/C17H24N2O/c1-5-7-10-19(4)17-11-13(3)18-16-9-8-14(20-6-2)12-15(16)17/h8-9,11-12H,5-7,10H2,1-4H3. The van der Waals surface area contributed by atoms with E-state index in [1.165, 1.54) is 23.9 Å². The summed E-state index contributed by atoms with van der Waals surface area (Å²) >= 11 is 0. The Morgan fingerprint density at radius 2 is 2.00 bits per heavy atom. The second-order valence-electron chi connectivity index (χ2n) is 5.17. The van der Waals surface area contributed by atoms with Crippen molar-refractivity contribution in [3.05, 3.63) is 30.0 Å². The zero-order valence-corrected chi connectivity index (χ0v) is 12.9. The summed E-state index contributed by atoms with van der Waals surface area (Å²) in [5.41, 5.74) is 3.33. The maximum absolute atomic E-state index is 5.61. The minimum absolute atomic E-state index is 0.686. The number of aryl methyl sites for hydroxylation is 1. The Morgan fingerprint density at radius 1 is 1.20 bits per heavy atom. The molecule has 0 unspecified atom stereocenters. The molecule has 0 amide bonds. The number of anilines is 1. The minimum atomic E-state index is 0.686. The lowest BCUT2D eigenvalue weighted by Crippen LogP contribution is -2.19. The van der Waals surface area contributed by atoms with Crippen molar-refractivity contribution in [2.75, 3.05) is 25.1 Å². The highest BCUT2D eigenvalue weighted by Gasteiger charge is 2.09. The number of hydrogen-bond donors (Lipinski definition) is 0. The van der Waals surface area contributed by atoms with Gasteiger partial charge in [-0.25, -0.2) is 0 Å². The fraction of sp³-hybridized carbons (Fsp3) is 0.471. The molecule has 0 saturated carbocycles. The molecule has 1 aromatic carbocycles. The van der Waals surface area contributed by atoms with Gasteiger partial charge in [0.05, 0.1) is 12.1 Å². The summed E-state index contributed by atoms with van der Waals surface area (Å²) in [6.45, 7) is 8.02. The zero-order chi connectivity index (χ0) is 14.5. The smallest absolute Gasteiger partial charge is 0.120 e. The van der Waals surface area contributed by atoms with Crippen LogP contribution in [0, 0.1) is 6.92 Å². The van der Waals surface area contributed by atoms with E-state index in [0.29, 0.717) is 6.61 Å². The molecule has 0 atom stereocenters. The van der Waals surface area contributed by atoms with Crippen molar-refractivity contribution in [1.82, 2.24) is 4.98 Å². The van der Waals surface area contributed by atoms with E-state index in [9.17, 15) is 0 Å². The first-order valence-corrected chi connectivity index (χ1v) is 7.41. The third kappa shape index (κ3) is 3.21. The summed E-state index contributed by atoms with van der Waals surface area (Å²) in [4.78, 5) is 6.93. The van der Waals surface area contributed by atoms with E-state index in [-0.39, 0.29) is 0 Å². The Kier molecular flexibility index (Phi) is 4.83. The van der Waals surface area contributed by atoms with E-state index in [1.54, 1.807) is 0 Å². The molecule has 0 aliphatic heterocycles. The number of hydrogen-bond acceptors (Lipinski definition) is 3. The van der Waals surface area contributed by atoms with Crippen LogP contribution in [-0.4, -0.2) is 25.2 Å². The highest BCUT2D eigenvalue weighted by molar-refractivity contribution is 5.93. The first-order valence-electron chi connectivity index (χ1n) is 7.41. The summed E-state index contributed by atoms with van der Waals surface area (Å²) in [5.74, 6) is 0.913. The Morgan fingerprint density at radius 3 is 2.70 bits per heavy atom. The van der Waals surface area contributed by atoms with Crippen LogP contribution in [0.2, 0.25) is 0 Å². The molecule has 0 radical (unpaired) electrons. The lowest BCUT2D eigenvalue weighted by atomic mass is 10.1. The molecule has 1 aromatic heterocycles. The quantitative estimate of drug-likeness (QED) is 0.789. The zero-order valence-electron chi connectivity index (χ0n) is 12.9. The van der Waals surface area contributed by atoms with Crippen molar-refractivity contribution in [2.45, 2.75) is 33.6 Å². The van der Waals surface area contributed by atoms with Gasteiger partial charge in [0.2, 0.25) is 0 Å². The van der Waals surface area contributed by atoms with Crippen LogP contribution in [0.15, 0.2) is 24.3 Å². The Hall–Kier alpha value is -1.77. The lowest BCUT2D eigenvalue weighted by Gasteiger charge is -2.21. The second kappa shape index (κ2) is 6.60. The van der Waals surface area contributed by atoms with E-state index in [0.717, 1.165) is 23.5 Å². The van der Waals surface area contributed by atoms with Gasteiger partial charge in [-0.3, -0.25) is 4.98 Å². The van der Waals surface area contributed by atoms with E-state index in [2.05, 4.69) is 36.0 Å². The predicted octanol–water partition coefficient (Wildman–Crippen LogP) is 4.18. The Balaban J connectivity index is 2.46. The summed E-state index contributed by atoms with van der Waals surface area (Å²) in [7, 11) is 2.15. The molecular weight excluding hydrogens is 248 g/mol. The molecule has 3 heteroatoms. The van der Waals surface area contributed by atoms with E-state index < -0.39 is 0 Å². The molecule has 108 valence electrons. The van der Waals surface area contributed by atoms with Crippen LogP contribution in [-0.2, 0) is 0 Å². The Labute approximate surface area is 121 Å². The van der Waals surface area contributed by atoms with Crippen LogP contribution in [0.1, 0.15) is 32.4 Å². The number of ether oxygens (including phenoxy) is 1. The van der Waals surface area contributed by atoms with E-state index in [1.807, 2.05) is 26.0 Å². The van der Waals surface area contributed by atoms with Crippen molar-refractivity contribution in [1.29, 1.82) is 0 Å². The molecule has 0 N–H and O–H groups in total. The summed E-state index contributed by atoms with van der Waals surface area (Å²) < 4.78 is 5.61. The lowest BCUT2D eigenvalue weighted by molar-refractivity contribution is 0.340. The van der Waals surface area contributed by atoms with Crippen molar-refractivity contribution in [3.8, 4) is 5.75 Å². The molecule has 2 rings (SSSR count). The molecule has 2 aromatic rings. The minimum Gasteiger partial charge on any atom is -0.494 e. The third-order valence-electron chi connectivity index (χ3n) is 3.46. The van der Waals surface area contributed by atoms with Gasteiger partial charge >= 0.3 is 0 Å². The molecule has 0 saturated heterocycles.